The highest BCUT2D eigenvalue weighted by atomic mass is 79.9. The number of rotatable bonds is 4. The molecule has 0 bridgehead atoms. The summed E-state index contributed by atoms with van der Waals surface area (Å²) in [7, 11) is 0. The SMILES string of the molecule is Cc1nc(NC(=S)NCC2(c3ccccc3)CCCC2)c(Br)cc1Br. The van der Waals surface area contributed by atoms with Crippen molar-refractivity contribution in [2.45, 2.75) is 38.0 Å². The largest absolute Gasteiger partial charge is 0.362 e. The van der Waals surface area contributed by atoms with Crippen LogP contribution in [0.2, 0.25) is 0 Å². The molecule has 0 aliphatic heterocycles. The number of thiocarbonyl (C=S) groups is 1. The van der Waals surface area contributed by atoms with Gasteiger partial charge >= 0.3 is 0 Å². The molecule has 0 atom stereocenters. The van der Waals surface area contributed by atoms with Gasteiger partial charge in [-0.3, -0.25) is 0 Å². The van der Waals surface area contributed by atoms with Crippen LogP contribution in [0.5, 0.6) is 0 Å². The van der Waals surface area contributed by atoms with Crippen LogP contribution in [0.4, 0.5) is 5.82 Å². The maximum atomic E-state index is 5.51. The van der Waals surface area contributed by atoms with E-state index in [4.69, 9.17) is 12.2 Å². The Kier molecular flexibility index (Phi) is 6.12. The number of anilines is 1. The van der Waals surface area contributed by atoms with Crippen molar-refractivity contribution >= 4 is 55.0 Å². The van der Waals surface area contributed by atoms with Gasteiger partial charge in [0.05, 0.1) is 10.2 Å². The van der Waals surface area contributed by atoms with E-state index in [1.807, 2.05) is 13.0 Å². The van der Waals surface area contributed by atoms with Gasteiger partial charge in [-0.2, -0.15) is 0 Å². The molecule has 1 aliphatic carbocycles. The predicted octanol–water partition coefficient (Wildman–Crippen LogP) is 5.71. The van der Waals surface area contributed by atoms with Crippen LogP contribution in [-0.4, -0.2) is 16.6 Å². The summed E-state index contributed by atoms with van der Waals surface area (Å²) in [4.78, 5) is 4.54. The Morgan fingerprint density at radius 2 is 1.84 bits per heavy atom. The van der Waals surface area contributed by atoms with Crippen LogP contribution in [0.15, 0.2) is 45.3 Å². The van der Waals surface area contributed by atoms with Gasteiger partial charge in [-0.1, -0.05) is 43.2 Å². The van der Waals surface area contributed by atoms with Gasteiger partial charge in [0.1, 0.15) is 5.82 Å². The fraction of sp³-hybridized carbons (Fsp3) is 0.368. The van der Waals surface area contributed by atoms with E-state index in [9.17, 15) is 0 Å². The molecule has 3 nitrogen and oxygen atoms in total. The standard InChI is InChI=1S/C19H21Br2N3S/c1-13-15(20)11-16(21)17(23-13)24-18(25)22-12-19(9-5-6-10-19)14-7-3-2-4-8-14/h2-4,7-8,11H,5-6,9-10,12H2,1H3,(H2,22,23,24,25). The summed E-state index contributed by atoms with van der Waals surface area (Å²) in [5.74, 6) is 0.735. The molecular formula is C19H21Br2N3S. The summed E-state index contributed by atoms with van der Waals surface area (Å²) < 4.78 is 1.85. The number of hydrogen-bond acceptors (Lipinski definition) is 2. The number of benzene rings is 1. The van der Waals surface area contributed by atoms with Crippen molar-refractivity contribution in [2.24, 2.45) is 0 Å². The number of aromatic nitrogens is 1. The summed E-state index contributed by atoms with van der Waals surface area (Å²) >= 11 is 12.5. The van der Waals surface area contributed by atoms with Gasteiger partial charge in [-0.05, 0) is 75.5 Å². The molecular weight excluding hydrogens is 462 g/mol. The van der Waals surface area contributed by atoms with Crippen molar-refractivity contribution in [1.29, 1.82) is 0 Å². The van der Waals surface area contributed by atoms with E-state index in [1.54, 1.807) is 0 Å². The van der Waals surface area contributed by atoms with E-state index in [2.05, 4.69) is 77.8 Å². The average Bonchev–Trinajstić information content (AvgIpc) is 3.09. The number of aryl methyl sites for hydroxylation is 1. The third kappa shape index (κ3) is 4.41. The highest BCUT2D eigenvalue weighted by Gasteiger charge is 2.35. The molecule has 1 aromatic carbocycles. The van der Waals surface area contributed by atoms with Crippen LogP contribution in [0.25, 0.3) is 0 Å². The van der Waals surface area contributed by atoms with Crippen LogP contribution in [0, 0.1) is 6.92 Å². The molecule has 0 radical (unpaired) electrons. The van der Waals surface area contributed by atoms with E-state index >= 15 is 0 Å². The third-order valence-electron chi connectivity index (χ3n) is 4.87. The Morgan fingerprint density at radius 3 is 2.52 bits per heavy atom. The second-order valence-corrected chi connectivity index (χ2v) is 8.66. The van der Waals surface area contributed by atoms with Gasteiger partial charge < -0.3 is 10.6 Å². The fourth-order valence-electron chi connectivity index (χ4n) is 3.46. The lowest BCUT2D eigenvalue weighted by molar-refractivity contribution is 0.435. The number of halogens is 2. The molecule has 0 spiro atoms. The number of nitrogens with one attached hydrogen (secondary N) is 2. The molecule has 132 valence electrons. The van der Waals surface area contributed by atoms with Crippen molar-refractivity contribution < 1.29 is 0 Å². The van der Waals surface area contributed by atoms with Crippen LogP contribution in [0.1, 0.15) is 36.9 Å². The molecule has 1 heterocycles. The molecule has 25 heavy (non-hydrogen) atoms. The minimum absolute atomic E-state index is 0.174. The average molecular weight is 483 g/mol. The second-order valence-electron chi connectivity index (χ2n) is 6.55. The first kappa shape index (κ1) is 18.8. The molecule has 1 fully saturated rings. The Balaban J connectivity index is 1.68. The Morgan fingerprint density at radius 1 is 1.16 bits per heavy atom. The predicted molar refractivity (Wildman–Crippen MR) is 115 cm³/mol. The fourth-order valence-corrected chi connectivity index (χ4v) is 4.67. The summed E-state index contributed by atoms with van der Waals surface area (Å²) in [6, 6.07) is 12.8. The van der Waals surface area contributed by atoms with Gasteiger partial charge in [-0.15, -0.1) is 0 Å². The molecule has 2 N–H and O–H groups in total. The van der Waals surface area contributed by atoms with E-state index < -0.39 is 0 Å². The maximum Gasteiger partial charge on any atom is 0.172 e. The third-order valence-corrected chi connectivity index (χ3v) is 6.52. The molecule has 0 unspecified atom stereocenters. The van der Waals surface area contributed by atoms with E-state index in [0.717, 1.165) is 27.0 Å². The lowest BCUT2D eigenvalue weighted by atomic mass is 9.79. The number of nitrogens with zero attached hydrogens (tertiary/aromatic N) is 1. The molecule has 1 aromatic heterocycles. The van der Waals surface area contributed by atoms with Gasteiger partial charge in [0, 0.05) is 16.4 Å². The number of pyridine rings is 1. The van der Waals surface area contributed by atoms with Crippen molar-refractivity contribution in [1.82, 2.24) is 10.3 Å². The first-order valence-electron chi connectivity index (χ1n) is 8.43. The van der Waals surface area contributed by atoms with Crippen LogP contribution in [-0.2, 0) is 5.41 Å². The Hall–Kier alpha value is -0.980. The zero-order chi connectivity index (χ0) is 17.9. The van der Waals surface area contributed by atoms with Crippen LogP contribution >= 0.6 is 44.1 Å². The van der Waals surface area contributed by atoms with Crippen molar-refractivity contribution in [2.75, 3.05) is 11.9 Å². The lowest BCUT2D eigenvalue weighted by Crippen LogP contribution is -2.40. The molecule has 3 rings (SSSR count). The Labute approximate surface area is 171 Å². The van der Waals surface area contributed by atoms with Crippen molar-refractivity contribution in [3.8, 4) is 0 Å². The maximum absolute atomic E-state index is 5.51. The molecule has 1 saturated carbocycles. The van der Waals surface area contributed by atoms with Gasteiger partial charge in [0.2, 0.25) is 0 Å². The summed E-state index contributed by atoms with van der Waals surface area (Å²) in [6.07, 6.45) is 4.95. The first-order valence-corrected chi connectivity index (χ1v) is 10.4. The zero-order valence-corrected chi connectivity index (χ0v) is 18.1. The molecule has 0 amide bonds. The van der Waals surface area contributed by atoms with E-state index in [1.165, 1.54) is 31.2 Å². The molecule has 6 heteroatoms. The minimum atomic E-state index is 0.174. The van der Waals surface area contributed by atoms with E-state index in [-0.39, 0.29) is 5.41 Å². The second kappa shape index (κ2) is 8.14. The lowest BCUT2D eigenvalue weighted by Gasteiger charge is -2.30. The van der Waals surface area contributed by atoms with Crippen LogP contribution in [0.3, 0.4) is 0 Å². The quantitative estimate of drug-likeness (QED) is 0.547. The summed E-state index contributed by atoms with van der Waals surface area (Å²) in [6.45, 7) is 2.80. The topological polar surface area (TPSA) is 37.0 Å². The highest BCUT2D eigenvalue weighted by molar-refractivity contribution is 9.11. The van der Waals surface area contributed by atoms with Crippen molar-refractivity contribution in [3.05, 3.63) is 56.6 Å². The highest BCUT2D eigenvalue weighted by Crippen LogP contribution is 2.40. The summed E-state index contributed by atoms with van der Waals surface area (Å²) in [5.41, 5.74) is 2.50. The Bertz CT molecular complexity index is 759. The zero-order valence-electron chi connectivity index (χ0n) is 14.1. The molecule has 1 aliphatic rings. The molecule has 0 saturated heterocycles. The van der Waals surface area contributed by atoms with Crippen molar-refractivity contribution in [3.63, 3.8) is 0 Å². The smallest absolute Gasteiger partial charge is 0.172 e. The monoisotopic (exact) mass is 481 g/mol. The minimum Gasteiger partial charge on any atom is -0.362 e. The van der Waals surface area contributed by atoms with E-state index in [0.29, 0.717) is 5.11 Å². The van der Waals surface area contributed by atoms with Gasteiger partial charge in [0.15, 0.2) is 5.11 Å². The summed E-state index contributed by atoms with van der Waals surface area (Å²) in [5, 5.41) is 7.24. The number of hydrogen-bond donors (Lipinski definition) is 2. The molecule has 2 aromatic rings. The first-order chi connectivity index (χ1) is 12.0. The normalized spacial score (nSPS) is 15.8. The van der Waals surface area contributed by atoms with Gasteiger partial charge in [-0.25, -0.2) is 4.98 Å². The van der Waals surface area contributed by atoms with Crippen LogP contribution < -0.4 is 10.6 Å². The van der Waals surface area contributed by atoms with Gasteiger partial charge in [0.25, 0.3) is 0 Å².